The van der Waals surface area contributed by atoms with Crippen molar-refractivity contribution in [3.8, 4) is 5.75 Å². The van der Waals surface area contributed by atoms with Gasteiger partial charge in [0, 0.05) is 108 Å². The standard InChI is InChI=1S/C54H64N6O9/c1-6-50(66)26-31-27-53(49(65)69-5,43-35(17-21-59(29-31)30-50)34-14-9-11-16-39(34)56-43)37-24-36-41(25-42(37)68-4)58(3)46-52(36)19-22-60-20-12-18-51(7-2,45(52)60)47(63)54(46,67)48(64)57-40(44(61)62)23-32-28-55-38-15-10-8-13-33(32)38/h8-16,18,24-25,28,31,40,45-47,55-56,63,66-67H,6-7,17,19-23,26-27,29-30H2,1-5H3,(H,57,64)(H,61,62)/t31-,40+,45-,46+,47+,50-,51+,52?,53-,54-/m0/s1. The molecule has 2 aromatic heterocycles. The van der Waals surface area contributed by atoms with Crippen LogP contribution in [0.4, 0.5) is 5.69 Å². The van der Waals surface area contributed by atoms with Crippen molar-refractivity contribution in [2.45, 2.75) is 105 Å². The molecular weight excluding hydrogens is 877 g/mol. The molecule has 6 aliphatic rings. The normalized spacial score (nSPS) is 33.9. The number of carboxylic acids is 1. The van der Waals surface area contributed by atoms with Crippen molar-refractivity contribution in [2.24, 2.45) is 11.3 Å². The summed E-state index contributed by atoms with van der Waals surface area (Å²) >= 11 is 0. The number of aliphatic carboxylic acids is 1. The number of fused-ring (bicyclic) bond motifs is 7. The topological polar surface area (TPSA) is 204 Å². The van der Waals surface area contributed by atoms with Crippen LogP contribution in [0.15, 0.2) is 79.0 Å². The number of hydrogen-bond acceptors (Lipinski definition) is 11. The SMILES string of the molecule is CC[C@]1(O)C[C@@H]2CN(CCc3c([nH]c4ccccc34)[C@@](C(=O)OC)(c3cc4c(cc3OC)N(C)[C@@H]3C45CCN4CC=C[C@](CC)([C@H]45)[C@@H](O)[C@]3(O)C(=O)N[C@H](Cc3c[nH]c4ccccc34)C(=O)O)C2)C1. The maximum absolute atomic E-state index is 15.5. The van der Waals surface area contributed by atoms with Gasteiger partial charge in [-0.3, -0.25) is 19.4 Å². The van der Waals surface area contributed by atoms with Gasteiger partial charge < -0.3 is 50.1 Å². The minimum absolute atomic E-state index is 0.0707. The predicted octanol–water partition coefficient (Wildman–Crippen LogP) is 4.54. The fraction of sp³-hybridized carbons (Fsp3) is 0.500. The second-order valence-corrected chi connectivity index (χ2v) is 21.1. The lowest BCUT2D eigenvalue weighted by Crippen LogP contribution is -2.82. The molecule has 11 atom stereocenters. The van der Waals surface area contributed by atoms with Crippen molar-refractivity contribution in [3.05, 3.63) is 107 Å². The third kappa shape index (κ3) is 6.25. The number of esters is 1. The Morgan fingerprint density at radius 2 is 1.70 bits per heavy atom. The van der Waals surface area contributed by atoms with Crippen LogP contribution in [0.25, 0.3) is 21.8 Å². The maximum Gasteiger partial charge on any atom is 0.326 e. The number of methoxy groups -OCH3 is 2. The number of hydrogen-bond donors (Lipinski definition) is 7. The van der Waals surface area contributed by atoms with Crippen LogP contribution in [0.1, 0.15) is 73.9 Å². The first-order chi connectivity index (χ1) is 33.1. The number of piperidine rings is 1. The molecule has 5 aliphatic heterocycles. The number of para-hydroxylation sites is 2. The molecule has 7 heterocycles. The number of aliphatic hydroxyl groups is 3. The number of carboxylic acid groups (broad SMARTS) is 1. The van der Waals surface area contributed by atoms with Gasteiger partial charge in [-0.05, 0) is 85.9 Å². The fourth-order valence-electron chi connectivity index (χ4n) is 15.0. The highest BCUT2D eigenvalue weighted by atomic mass is 16.5. The molecule has 2 unspecified atom stereocenters. The molecule has 2 saturated heterocycles. The summed E-state index contributed by atoms with van der Waals surface area (Å²) in [6.45, 7) is 7.04. The summed E-state index contributed by atoms with van der Waals surface area (Å²) < 4.78 is 12.4. The molecule has 69 heavy (non-hydrogen) atoms. The van der Waals surface area contributed by atoms with E-state index < -0.39 is 69.5 Å². The second kappa shape index (κ2) is 16.2. The van der Waals surface area contributed by atoms with E-state index in [4.69, 9.17) is 9.47 Å². The highest BCUT2D eigenvalue weighted by Crippen LogP contribution is 2.67. The zero-order chi connectivity index (χ0) is 48.4. The summed E-state index contributed by atoms with van der Waals surface area (Å²) in [5.41, 5.74) is -1.08. The molecule has 3 fully saturated rings. The van der Waals surface area contributed by atoms with Gasteiger partial charge in [-0.25, -0.2) is 4.79 Å². The Balaban J connectivity index is 1.12. The quantitative estimate of drug-likeness (QED) is 0.0763. The van der Waals surface area contributed by atoms with Crippen LogP contribution in [-0.2, 0) is 42.8 Å². The number of anilines is 1. The summed E-state index contributed by atoms with van der Waals surface area (Å²) in [7, 11) is 4.81. The molecule has 1 amide bonds. The molecule has 364 valence electrons. The average Bonchev–Trinajstić information content (AvgIpc) is 4.12. The summed E-state index contributed by atoms with van der Waals surface area (Å²) in [4.78, 5) is 57.6. The number of nitrogens with one attached hydrogen (secondary N) is 3. The molecule has 1 saturated carbocycles. The number of amides is 1. The Morgan fingerprint density at radius 3 is 2.42 bits per heavy atom. The van der Waals surface area contributed by atoms with Crippen molar-refractivity contribution in [3.63, 3.8) is 0 Å². The van der Waals surface area contributed by atoms with Crippen molar-refractivity contribution in [2.75, 3.05) is 58.9 Å². The lowest BCUT2D eigenvalue weighted by Gasteiger charge is -2.63. The van der Waals surface area contributed by atoms with E-state index in [1.807, 2.05) is 86.5 Å². The second-order valence-electron chi connectivity index (χ2n) is 21.1. The number of aliphatic hydroxyl groups excluding tert-OH is 1. The Kier molecular flexibility index (Phi) is 10.7. The van der Waals surface area contributed by atoms with Gasteiger partial charge >= 0.3 is 11.9 Å². The molecule has 1 aliphatic carbocycles. The monoisotopic (exact) mass is 940 g/mol. The van der Waals surface area contributed by atoms with E-state index in [2.05, 4.69) is 37.2 Å². The minimum Gasteiger partial charge on any atom is -0.496 e. The van der Waals surface area contributed by atoms with E-state index in [1.54, 1.807) is 13.3 Å². The van der Waals surface area contributed by atoms with Crippen LogP contribution in [0.3, 0.4) is 0 Å². The maximum atomic E-state index is 15.5. The van der Waals surface area contributed by atoms with E-state index in [9.17, 15) is 25.2 Å². The van der Waals surface area contributed by atoms with Crippen LogP contribution in [0.5, 0.6) is 5.75 Å². The van der Waals surface area contributed by atoms with E-state index in [1.165, 1.54) is 7.11 Å². The van der Waals surface area contributed by atoms with E-state index >= 15 is 9.59 Å². The van der Waals surface area contributed by atoms with Crippen molar-refractivity contribution in [1.82, 2.24) is 25.1 Å². The van der Waals surface area contributed by atoms with Gasteiger partial charge in [0.2, 0.25) is 0 Å². The van der Waals surface area contributed by atoms with Gasteiger partial charge in [0.05, 0.1) is 25.9 Å². The van der Waals surface area contributed by atoms with Gasteiger partial charge in [-0.1, -0.05) is 62.4 Å². The van der Waals surface area contributed by atoms with Crippen LogP contribution in [0, 0.1) is 11.3 Å². The summed E-state index contributed by atoms with van der Waals surface area (Å²) in [5, 5.41) is 54.1. The first kappa shape index (κ1) is 45.7. The Bertz CT molecular complexity index is 2930. The third-order valence-electron chi connectivity index (χ3n) is 17.9. The van der Waals surface area contributed by atoms with Gasteiger partial charge in [0.15, 0.2) is 5.60 Å². The Hall–Kier alpha value is -5.71. The lowest BCUT2D eigenvalue weighted by molar-refractivity contribution is -0.204. The van der Waals surface area contributed by atoms with E-state index in [0.717, 1.165) is 32.9 Å². The van der Waals surface area contributed by atoms with Crippen LogP contribution >= 0.6 is 0 Å². The third-order valence-corrected chi connectivity index (χ3v) is 17.9. The summed E-state index contributed by atoms with van der Waals surface area (Å²) in [6.07, 6.45) is 6.75. The number of carbonyl (C=O) groups excluding carboxylic acids is 2. The first-order valence-electron chi connectivity index (χ1n) is 24.6. The molecule has 5 aromatic rings. The van der Waals surface area contributed by atoms with Crippen LogP contribution in [0.2, 0.25) is 0 Å². The van der Waals surface area contributed by atoms with Crippen molar-refractivity contribution in [1.29, 1.82) is 0 Å². The van der Waals surface area contributed by atoms with E-state index in [-0.39, 0.29) is 18.8 Å². The molecule has 11 rings (SSSR count). The molecule has 7 N–H and O–H groups in total. The number of aromatic amines is 2. The molecule has 1 spiro atoms. The first-order valence-corrected chi connectivity index (χ1v) is 24.6. The molecule has 15 nitrogen and oxygen atoms in total. The number of benzene rings is 3. The molecule has 15 heteroatoms. The molecule has 0 radical (unpaired) electrons. The smallest absolute Gasteiger partial charge is 0.326 e. The zero-order valence-corrected chi connectivity index (χ0v) is 40.0. The Labute approximate surface area is 401 Å². The fourth-order valence-corrected chi connectivity index (χ4v) is 15.0. The number of carbonyl (C=O) groups is 3. The zero-order valence-electron chi connectivity index (χ0n) is 40.0. The van der Waals surface area contributed by atoms with Crippen molar-refractivity contribution >= 4 is 45.3 Å². The summed E-state index contributed by atoms with van der Waals surface area (Å²) in [5.74, 6) is -2.47. The van der Waals surface area contributed by atoms with E-state index in [0.29, 0.717) is 93.1 Å². The highest BCUT2D eigenvalue weighted by Gasteiger charge is 2.79. The number of ether oxygens (including phenoxy) is 2. The molecule has 2 bridgehead atoms. The number of aromatic nitrogens is 2. The number of rotatable bonds is 10. The predicted molar refractivity (Wildman–Crippen MR) is 260 cm³/mol. The summed E-state index contributed by atoms with van der Waals surface area (Å²) in [6, 6.07) is 16.6. The lowest BCUT2D eigenvalue weighted by atomic mass is 9.47. The number of likely N-dealkylation sites (N-methyl/N-ethyl adjacent to an activating group) is 1. The van der Waals surface area contributed by atoms with Gasteiger partial charge in [-0.2, -0.15) is 0 Å². The average molecular weight is 941 g/mol. The largest absolute Gasteiger partial charge is 0.496 e. The van der Waals surface area contributed by atoms with Gasteiger partial charge in [0.1, 0.15) is 23.3 Å². The number of H-pyrrole nitrogens is 2. The van der Waals surface area contributed by atoms with Gasteiger partial charge in [-0.15, -0.1) is 0 Å². The highest BCUT2D eigenvalue weighted by molar-refractivity contribution is 5.96. The van der Waals surface area contributed by atoms with Gasteiger partial charge in [0.25, 0.3) is 5.91 Å². The van der Waals surface area contributed by atoms with Crippen molar-refractivity contribution < 1.29 is 44.3 Å². The molecule has 3 aromatic carbocycles. The minimum atomic E-state index is -2.56. The van der Waals surface area contributed by atoms with Crippen LogP contribution < -0.4 is 15.0 Å². The molecular formula is C54H64N6O9. The number of nitrogens with zero attached hydrogens (tertiary/aromatic N) is 3. The Morgan fingerprint density at radius 1 is 0.942 bits per heavy atom. The van der Waals surface area contributed by atoms with Crippen LogP contribution in [-0.4, -0.2) is 147 Å².